The minimum absolute atomic E-state index is 0.102. The van der Waals surface area contributed by atoms with Crippen LogP contribution >= 0.6 is 0 Å². The van der Waals surface area contributed by atoms with Gasteiger partial charge in [0.1, 0.15) is 12.3 Å². The summed E-state index contributed by atoms with van der Waals surface area (Å²) in [6.45, 7) is 6.78. The first kappa shape index (κ1) is 33.7. The molecular formula is C37H52FN5O5. The summed E-state index contributed by atoms with van der Waals surface area (Å²) >= 11 is 0. The molecule has 3 heterocycles. The number of nitrogens with two attached hydrogens (primary N) is 1. The Hall–Kier alpha value is -2.81. The number of ether oxygens (including phenoxy) is 2. The zero-order valence-corrected chi connectivity index (χ0v) is 28.6. The molecule has 7 rings (SSSR count). The highest BCUT2D eigenvalue weighted by atomic mass is 19.1. The maximum atomic E-state index is 14.0. The number of rotatable bonds is 8. The molecule has 0 aromatic carbocycles. The van der Waals surface area contributed by atoms with Crippen molar-refractivity contribution in [3.8, 4) is 12.3 Å². The predicted molar refractivity (Wildman–Crippen MR) is 177 cm³/mol. The monoisotopic (exact) mass is 665 g/mol. The highest BCUT2D eigenvalue weighted by molar-refractivity contribution is 5.81. The Morgan fingerprint density at radius 2 is 1.94 bits per heavy atom. The number of aliphatic hydroxyl groups is 2. The fraction of sp³-hybridized carbons (Fsp3) is 0.784. The molecule has 0 radical (unpaired) electrons. The van der Waals surface area contributed by atoms with Crippen molar-refractivity contribution >= 4 is 23.0 Å². The van der Waals surface area contributed by atoms with Crippen molar-refractivity contribution in [2.45, 2.75) is 128 Å². The number of fused-ring (bicyclic) bond motifs is 6. The van der Waals surface area contributed by atoms with Crippen molar-refractivity contribution in [3.05, 3.63) is 12.4 Å². The first-order valence-corrected chi connectivity index (χ1v) is 18.3. The maximum absolute atomic E-state index is 14.0. The predicted octanol–water partition coefficient (Wildman–Crippen LogP) is 5.57. The number of aliphatic hydroxyl groups excluding tert-OH is 2. The van der Waals surface area contributed by atoms with E-state index in [1.54, 1.807) is 0 Å². The lowest BCUT2D eigenvalue weighted by molar-refractivity contribution is -0.159. The summed E-state index contributed by atoms with van der Waals surface area (Å²) in [5, 5.41) is 20.7. The average Bonchev–Trinajstić information content (AvgIpc) is 3.75. The molecule has 1 aliphatic heterocycles. The Kier molecular flexibility index (Phi) is 8.77. The van der Waals surface area contributed by atoms with Crippen LogP contribution in [0, 0.1) is 64.8 Å². The van der Waals surface area contributed by atoms with Crippen LogP contribution in [-0.4, -0.2) is 60.1 Å². The van der Waals surface area contributed by atoms with Gasteiger partial charge in [0.25, 0.3) is 0 Å². The summed E-state index contributed by atoms with van der Waals surface area (Å²) in [5.74, 6) is 5.97. The number of carbonyl (C=O) groups is 1. The normalized spacial score (nSPS) is 41.3. The molecule has 0 bridgehead atoms. The number of nitrogens with zero attached hydrogens (tertiary/aromatic N) is 4. The van der Waals surface area contributed by atoms with Gasteiger partial charge < -0.3 is 25.4 Å². The lowest BCUT2D eigenvalue weighted by Gasteiger charge is -2.61. The molecule has 0 spiro atoms. The summed E-state index contributed by atoms with van der Waals surface area (Å²) in [5.41, 5.74) is 5.26. The van der Waals surface area contributed by atoms with Gasteiger partial charge in [-0.2, -0.15) is 14.4 Å². The van der Waals surface area contributed by atoms with E-state index >= 15 is 0 Å². The summed E-state index contributed by atoms with van der Waals surface area (Å²) in [4.78, 5) is 25.0. The highest BCUT2D eigenvalue weighted by Gasteiger charge is 2.61. The zero-order valence-electron chi connectivity index (χ0n) is 28.6. The quantitative estimate of drug-likeness (QED) is 0.187. The fourth-order valence-corrected chi connectivity index (χ4v) is 11.7. The van der Waals surface area contributed by atoms with E-state index in [4.69, 9.17) is 21.6 Å². The van der Waals surface area contributed by atoms with Gasteiger partial charge in [-0.3, -0.25) is 9.36 Å². The molecule has 2 aromatic heterocycles. The van der Waals surface area contributed by atoms with Gasteiger partial charge in [0, 0.05) is 12.8 Å². The lowest BCUT2D eigenvalue weighted by atomic mass is 9.44. The number of hydrogen-bond acceptors (Lipinski definition) is 9. The van der Waals surface area contributed by atoms with Gasteiger partial charge in [-0.15, -0.1) is 6.42 Å². The number of terminal acetylenes is 1. The Balaban J connectivity index is 1.01. The highest BCUT2D eigenvalue weighted by Crippen LogP contribution is 2.68. The van der Waals surface area contributed by atoms with Crippen LogP contribution in [0.3, 0.4) is 0 Å². The van der Waals surface area contributed by atoms with Crippen molar-refractivity contribution in [1.82, 2.24) is 19.5 Å². The number of nitrogen functional groups attached to an aromatic ring is 1. The second-order valence-electron chi connectivity index (χ2n) is 16.2. The molecule has 0 amide bonds. The molecule has 262 valence electrons. The molecule has 48 heavy (non-hydrogen) atoms. The molecule has 4 aliphatic carbocycles. The molecule has 2 aromatic rings. The van der Waals surface area contributed by atoms with Crippen LogP contribution in [0.1, 0.15) is 110 Å². The smallest absolute Gasteiger partial charge is 0.312 e. The van der Waals surface area contributed by atoms with Gasteiger partial charge in [0.2, 0.25) is 0 Å². The molecule has 11 heteroatoms. The second kappa shape index (κ2) is 12.5. The van der Waals surface area contributed by atoms with Crippen LogP contribution in [0.25, 0.3) is 11.2 Å². The number of imidazole rings is 1. The SMILES string of the molecule is C#C[C@]1(CO)O[C@@H](n2cnc3c(N)nc(F)nc32)C[C@@H]1OC(=O)CC[C@@H](CC)[C@H]1CC[C@H]2[C@@H]3CC[C@@H]4C[C@H](O)CC[C@]4(C)[C@H]3CC[C@]12C. The van der Waals surface area contributed by atoms with Gasteiger partial charge >= 0.3 is 12.0 Å². The van der Waals surface area contributed by atoms with E-state index < -0.39 is 30.6 Å². The minimum atomic E-state index is -1.56. The topological polar surface area (TPSA) is 146 Å². The number of carbonyl (C=O) groups excluding carboxylic acids is 1. The summed E-state index contributed by atoms with van der Waals surface area (Å²) in [6.07, 6.45) is 17.3. The van der Waals surface area contributed by atoms with E-state index in [1.165, 1.54) is 49.4 Å². The number of hydrogen-bond donors (Lipinski definition) is 3. The summed E-state index contributed by atoms with van der Waals surface area (Å²) in [6, 6.07) is 0. The zero-order chi connectivity index (χ0) is 34.0. The fourth-order valence-electron chi connectivity index (χ4n) is 11.7. The number of halogens is 1. The molecule has 5 fully saturated rings. The maximum Gasteiger partial charge on any atom is 0.312 e. The third kappa shape index (κ3) is 5.32. The largest absolute Gasteiger partial charge is 0.458 e. The molecule has 10 nitrogen and oxygen atoms in total. The Morgan fingerprint density at radius 1 is 1.17 bits per heavy atom. The number of esters is 1. The molecule has 12 atom stereocenters. The van der Waals surface area contributed by atoms with Crippen LogP contribution in [0.4, 0.5) is 10.2 Å². The Labute approximate surface area is 282 Å². The van der Waals surface area contributed by atoms with Gasteiger partial charge in [0.15, 0.2) is 22.6 Å². The van der Waals surface area contributed by atoms with Crippen LogP contribution < -0.4 is 5.73 Å². The second-order valence-corrected chi connectivity index (χ2v) is 16.2. The summed E-state index contributed by atoms with van der Waals surface area (Å²) in [7, 11) is 0. The summed E-state index contributed by atoms with van der Waals surface area (Å²) < 4.78 is 27.6. The standard InChI is InChI=1S/C37H52FN5O5/c1-5-21(25-10-11-26-24-9-8-22-17-23(45)13-15-35(22,3)27(24)14-16-36(25,26)4)7-12-30(46)47-28-18-29(48-37(28,6-2)19-44)43-20-40-31-32(39)41-34(38)42-33(31)43/h2,20-29,44-45H,5,7-19H2,1,3-4H3,(H2,39,41,42)/t21-,22-,23-,24+,25-,26+,27+,28+,29-,35+,36-,37-/m1/s1. The minimum Gasteiger partial charge on any atom is -0.458 e. The van der Waals surface area contributed by atoms with Crippen molar-refractivity contribution in [1.29, 1.82) is 0 Å². The van der Waals surface area contributed by atoms with E-state index in [0.717, 1.165) is 49.9 Å². The Morgan fingerprint density at radius 3 is 2.69 bits per heavy atom. The van der Waals surface area contributed by atoms with Crippen LogP contribution in [0.2, 0.25) is 0 Å². The number of aromatic nitrogens is 4. The van der Waals surface area contributed by atoms with E-state index in [2.05, 4.69) is 41.6 Å². The van der Waals surface area contributed by atoms with Crippen molar-refractivity contribution in [3.63, 3.8) is 0 Å². The van der Waals surface area contributed by atoms with E-state index in [1.807, 2.05) is 0 Å². The third-order valence-corrected chi connectivity index (χ3v) is 14.3. The number of anilines is 1. The van der Waals surface area contributed by atoms with E-state index in [-0.39, 0.29) is 47.3 Å². The molecule has 4 saturated carbocycles. The van der Waals surface area contributed by atoms with Crippen molar-refractivity contribution in [2.24, 2.45) is 46.3 Å². The van der Waals surface area contributed by atoms with Crippen LogP contribution in [0.5, 0.6) is 0 Å². The molecule has 4 N–H and O–H groups in total. The van der Waals surface area contributed by atoms with Crippen molar-refractivity contribution in [2.75, 3.05) is 12.3 Å². The molecule has 1 saturated heterocycles. The molecule has 5 aliphatic rings. The molecular weight excluding hydrogens is 613 g/mol. The molecule has 0 unspecified atom stereocenters. The van der Waals surface area contributed by atoms with Gasteiger partial charge in [0.05, 0.1) is 19.0 Å². The van der Waals surface area contributed by atoms with Gasteiger partial charge in [-0.1, -0.05) is 33.1 Å². The third-order valence-electron chi connectivity index (χ3n) is 14.3. The van der Waals surface area contributed by atoms with Crippen LogP contribution in [-0.2, 0) is 14.3 Å². The lowest BCUT2D eigenvalue weighted by Crippen LogP contribution is -2.54. The Bertz CT molecular complexity index is 1580. The van der Waals surface area contributed by atoms with Crippen LogP contribution in [0.15, 0.2) is 6.33 Å². The van der Waals surface area contributed by atoms with E-state index in [0.29, 0.717) is 23.2 Å². The first-order valence-electron chi connectivity index (χ1n) is 18.3. The average molecular weight is 666 g/mol. The van der Waals surface area contributed by atoms with Gasteiger partial charge in [-0.05, 0) is 111 Å². The van der Waals surface area contributed by atoms with Gasteiger partial charge in [-0.25, -0.2) is 4.98 Å². The first-order chi connectivity index (χ1) is 23.0. The van der Waals surface area contributed by atoms with Crippen molar-refractivity contribution < 1.29 is 28.9 Å². The van der Waals surface area contributed by atoms with E-state index in [9.17, 15) is 19.4 Å².